The van der Waals surface area contributed by atoms with Gasteiger partial charge in [0.25, 0.3) is 0 Å². The fourth-order valence-corrected chi connectivity index (χ4v) is 3.81. The van der Waals surface area contributed by atoms with Crippen LogP contribution in [0.3, 0.4) is 0 Å². The van der Waals surface area contributed by atoms with E-state index in [9.17, 15) is 9.59 Å². The average Bonchev–Trinajstić information content (AvgIpc) is 2.73. The smallest absolute Gasteiger partial charge is 0.339 e. The van der Waals surface area contributed by atoms with Crippen LogP contribution in [-0.4, -0.2) is 24.6 Å². The molecule has 0 aliphatic rings. The fraction of sp³-hybridized carbons (Fsp3) is 0.704. The van der Waals surface area contributed by atoms with Gasteiger partial charge in [0.1, 0.15) is 0 Å². The van der Waals surface area contributed by atoms with E-state index in [0.717, 1.165) is 19.3 Å². The zero-order valence-corrected chi connectivity index (χ0v) is 20.3. The Morgan fingerprint density at radius 2 is 1.23 bits per heavy atom. The van der Waals surface area contributed by atoms with E-state index in [2.05, 4.69) is 20.8 Å². The quantitative estimate of drug-likeness (QED) is 0.186. The maximum Gasteiger partial charge on any atom is 0.339 e. The number of unbranched alkanes of at least 4 members (excludes halogenated alkanes) is 10. The van der Waals surface area contributed by atoms with Crippen molar-refractivity contribution in [3.63, 3.8) is 0 Å². The minimum Gasteiger partial charge on any atom is -0.462 e. The second kappa shape index (κ2) is 16.8. The highest BCUT2D eigenvalue weighted by Gasteiger charge is 2.21. The third-order valence-corrected chi connectivity index (χ3v) is 5.46. The summed E-state index contributed by atoms with van der Waals surface area (Å²) in [4.78, 5) is 25.0. The normalized spacial score (nSPS) is 12.0. The third kappa shape index (κ3) is 12.6. The number of carbonyl (C=O) groups is 2. The summed E-state index contributed by atoms with van der Waals surface area (Å²) in [7, 11) is 0. The Kier molecular flexibility index (Phi) is 14.7. The van der Waals surface area contributed by atoms with Crippen molar-refractivity contribution >= 4 is 11.9 Å². The highest BCUT2D eigenvalue weighted by atomic mass is 16.5. The molecule has 0 spiro atoms. The van der Waals surface area contributed by atoms with Crippen molar-refractivity contribution < 1.29 is 19.1 Å². The lowest BCUT2D eigenvalue weighted by atomic mass is 10.1. The first-order valence-electron chi connectivity index (χ1n) is 12.4. The zero-order valence-electron chi connectivity index (χ0n) is 20.3. The summed E-state index contributed by atoms with van der Waals surface area (Å²) < 4.78 is 10.9. The topological polar surface area (TPSA) is 52.6 Å². The Morgan fingerprint density at radius 1 is 0.742 bits per heavy atom. The van der Waals surface area contributed by atoms with Gasteiger partial charge in [-0.3, -0.25) is 0 Å². The molecule has 1 rings (SSSR count). The van der Waals surface area contributed by atoms with E-state index in [-0.39, 0.29) is 17.2 Å². The molecule has 1 atom stereocenters. The van der Waals surface area contributed by atoms with E-state index < -0.39 is 11.9 Å². The highest BCUT2D eigenvalue weighted by molar-refractivity contribution is 6.03. The number of rotatable bonds is 17. The van der Waals surface area contributed by atoms with Crippen LogP contribution in [0.15, 0.2) is 24.3 Å². The van der Waals surface area contributed by atoms with Gasteiger partial charge >= 0.3 is 11.9 Å². The van der Waals surface area contributed by atoms with Crippen molar-refractivity contribution in [1.29, 1.82) is 0 Å². The van der Waals surface area contributed by atoms with Gasteiger partial charge in [0.15, 0.2) is 0 Å². The first-order chi connectivity index (χ1) is 15.0. The first-order valence-corrected chi connectivity index (χ1v) is 12.4. The number of ether oxygens (including phenoxy) is 2. The van der Waals surface area contributed by atoms with Crippen molar-refractivity contribution in [2.75, 3.05) is 6.61 Å². The van der Waals surface area contributed by atoms with Gasteiger partial charge in [0.05, 0.1) is 23.8 Å². The van der Waals surface area contributed by atoms with Crippen molar-refractivity contribution in [3.8, 4) is 0 Å². The van der Waals surface area contributed by atoms with Crippen LogP contribution < -0.4 is 0 Å². The molecule has 176 valence electrons. The van der Waals surface area contributed by atoms with Crippen molar-refractivity contribution in [1.82, 2.24) is 0 Å². The van der Waals surface area contributed by atoms with Crippen molar-refractivity contribution in [2.24, 2.45) is 5.92 Å². The highest BCUT2D eigenvalue weighted by Crippen LogP contribution is 2.16. The predicted molar refractivity (Wildman–Crippen MR) is 128 cm³/mol. The first kappa shape index (κ1) is 27.2. The Labute approximate surface area is 190 Å². The molecular formula is C27H44O4. The molecule has 0 aliphatic carbocycles. The van der Waals surface area contributed by atoms with Gasteiger partial charge in [0, 0.05) is 0 Å². The summed E-state index contributed by atoms with van der Waals surface area (Å²) in [6, 6.07) is 6.74. The monoisotopic (exact) mass is 432 g/mol. The second-order valence-corrected chi connectivity index (χ2v) is 9.06. The summed E-state index contributed by atoms with van der Waals surface area (Å²) >= 11 is 0. The molecule has 0 heterocycles. The van der Waals surface area contributed by atoms with Gasteiger partial charge in [-0.2, -0.15) is 0 Å². The third-order valence-electron chi connectivity index (χ3n) is 5.46. The standard InChI is InChI=1S/C27H44O4/c1-5-6-7-8-9-10-11-12-13-14-17-20-30-26(28)24-18-15-16-19-25(24)27(29)31-23(4)21-22(2)3/h15-16,18-19,22-23H,5-14,17,20-21H2,1-4H3. The van der Waals surface area contributed by atoms with Gasteiger partial charge in [-0.1, -0.05) is 97.1 Å². The fourth-order valence-electron chi connectivity index (χ4n) is 3.81. The van der Waals surface area contributed by atoms with E-state index in [4.69, 9.17) is 9.47 Å². The van der Waals surface area contributed by atoms with Crippen LogP contribution in [0.4, 0.5) is 0 Å². The van der Waals surface area contributed by atoms with Crippen LogP contribution in [0.25, 0.3) is 0 Å². The van der Waals surface area contributed by atoms with Crippen LogP contribution in [0, 0.1) is 5.92 Å². The van der Waals surface area contributed by atoms with Crippen molar-refractivity contribution in [2.45, 2.75) is 111 Å². The SMILES string of the molecule is CCCCCCCCCCCCCOC(=O)c1ccccc1C(=O)OC(C)CC(C)C. The van der Waals surface area contributed by atoms with Gasteiger partial charge in [-0.05, 0) is 37.8 Å². The summed E-state index contributed by atoms with van der Waals surface area (Å²) in [6.07, 6.45) is 14.4. The Morgan fingerprint density at radius 3 is 1.74 bits per heavy atom. The predicted octanol–water partition coefficient (Wildman–Crippen LogP) is 7.75. The van der Waals surface area contributed by atoms with Gasteiger partial charge in [-0.25, -0.2) is 9.59 Å². The number of hydrogen-bond donors (Lipinski definition) is 0. The molecule has 1 aromatic carbocycles. The molecule has 0 N–H and O–H groups in total. The molecule has 0 saturated heterocycles. The van der Waals surface area contributed by atoms with Crippen LogP contribution in [0.5, 0.6) is 0 Å². The zero-order chi connectivity index (χ0) is 22.9. The maximum atomic E-state index is 12.5. The molecule has 4 heteroatoms. The lowest BCUT2D eigenvalue weighted by Gasteiger charge is -2.16. The molecule has 0 amide bonds. The van der Waals surface area contributed by atoms with Crippen LogP contribution >= 0.6 is 0 Å². The number of carbonyl (C=O) groups excluding carboxylic acids is 2. The maximum absolute atomic E-state index is 12.5. The van der Waals surface area contributed by atoms with E-state index in [0.29, 0.717) is 12.5 Å². The molecule has 0 aromatic heterocycles. The van der Waals surface area contributed by atoms with Crippen LogP contribution in [0.1, 0.15) is 125 Å². The summed E-state index contributed by atoms with van der Waals surface area (Å²) in [5, 5.41) is 0. The molecule has 4 nitrogen and oxygen atoms in total. The molecule has 0 saturated carbocycles. The van der Waals surface area contributed by atoms with Crippen LogP contribution in [0.2, 0.25) is 0 Å². The molecule has 0 fully saturated rings. The second-order valence-electron chi connectivity index (χ2n) is 9.06. The van der Waals surface area contributed by atoms with Crippen LogP contribution in [-0.2, 0) is 9.47 Å². The molecule has 31 heavy (non-hydrogen) atoms. The summed E-state index contributed by atoms with van der Waals surface area (Å²) in [6.45, 7) is 8.70. The van der Waals surface area contributed by atoms with E-state index >= 15 is 0 Å². The Bertz CT molecular complexity index is 623. The van der Waals surface area contributed by atoms with E-state index in [1.165, 1.54) is 57.8 Å². The lowest BCUT2D eigenvalue weighted by molar-refractivity contribution is 0.0288. The van der Waals surface area contributed by atoms with Gasteiger partial charge in [0.2, 0.25) is 0 Å². The molecule has 1 unspecified atom stereocenters. The van der Waals surface area contributed by atoms with E-state index in [1.807, 2.05) is 6.92 Å². The lowest BCUT2D eigenvalue weighted by Crippen LogP contribution is -2.20. The minimum atomic E-state index is -0.463. The van der Waals surface area contributed by atoms with Crippen molar-refractivity contribution in [3.05, 3.63) is 35.4 Å². The molecular weight excluding hydrogens is 388 g/mol. The molecule has 0 bridgehead atoms. The summed E-state index contributed by atoms with van der Waals surface area (Å²) in [5.74, 6) is -0.472. The number of hydrogen-bond acceptors (Lipinski definition) is 4. The Balaban J connectivity index is 2.27. The minimum absolute atomic E-state index is 0.187. The van der Waals surface area contributed by atoms with Gasteiger partial charge in [-0.15, -0.1) is 0 Å². The van der Waals surface area contributed by atoms with E-state index in [1.54, 1.807) is 24.3 Å². The number of benzene rings is 1. The molecule has 1 aromatic rings. The Hall–Kier alpha value is -1.84. The summed E-state index contributed by atoms with van der Waals surface area (Å²) in [5.41, 5.74) is 0.564. The largest absolute Gasteiger partial charge is 0.462 e. The number of esters is 2. The molecule has 0 radical (unpaired) electrons. The molecule has 0 aliphatic heterocycles. The average molecular weight is 433 g/mol. The van der Waals surface area contributed by atoms with Gasteiger partial charge < -0.3 is 9.47 Å².